The maximum Gasteiger partial charge on any atom is 0.232 e. The van der Waals surface area contributed by atoms with Gasteiger partial charge in [0.25, 0.3) is 0 Å². The number of ether oxygens (including phenoxy) is 1. The van der Waals surface area contributed by atoms with E-state index in [0.717, 1.165) is 23.3 Å². The van der Waals surface area contributed by atoms with Crippen LogP contribution in [0.2, 0.25) is 0 Å². The minimum absolute atomic E-state index is 0.0358. The van der Waals surface area contributed by atoms with E-state index in [0.29, 0.717) is 23.8 Å². The number of carbonyl (C=O) groups is 1. The normalized spacial score (nSPS) is 20.3. The smallest absolute Gasteiger partial charge is 0.232 e. The van der Waals surface area contributed by atoms with Crippen LogP contribution in [-0.4, -0.2) is 49.1 Å². The zero-order valence-corrected chi connectivity index (χ0v) is 15.7. The highest BCUT2D eigenvalue weighted by Gasteiger charge is 2.32. The molecule has 1 N–H and O–H groups in total. The number of amides is 1. The van der Waals surface area contributed by atoms with Crippen molar-refractivity contribution in [2.24, 2.45) is 0 Å². The zero-order chi connectivity index (χ0) is 19.0. The van der Waals surface area contributed by atoms with Crippen LogP contribution in [0.4, 0.5) is 9.52 Å². The molecule has 0 unspecified atom stereocenters. The van der Waals surface area contributed by atoms with Crippen LogP contribution < -0.4 is 10.1 Å². The quantitative estimate of drug-likeness (QED) is 0.720. The van der Waals surface area contributed by atoms with Gasteiger partial charge in [-0.1, -0.05) is 11.3 Å². The monoisotopic (exact) mass is 390 g/mol. The zero-order valence-electron chi connectivity index (χ0n) is 14.9. The third-order valence-corrected chi connectivity index (χ3v) is 5.42. The molecule has 1 aliphatic heterocycles. The predicted octanol–water partition coefficient (Wildman–Crippen LogP) is 2.33. The van der Waals surface area contributed by atoms with E-state index in [1.54, 1.807) is 23.1 Å². The number of hydrogen-bond acceptors (Lipinski definition) is 7. The SMILES string of the molecule is CC(=O)Nc1nc(F)c(CN2C[C@H](Oc3cn4nccc4cn3)C[C@@H]2C)s1. The van der Waals surface area contributed by atoms with Crippen molar-refractivity contribution in [1.82, 2.24) is 24.5 Å². The molecule has 27 heavy (non-hydrogen) atoms. The van der Waals surface area contributed by atoms with Gasteiger partial charge in [0.1, 0.15) is 6.10 Å². The highest BCUT2D eigenvalue weighted by atomic mass is 32.1. The molecule has 1 fully saturated rings. The van der Waals surface area contributed by atoms with Gasteiger partial charge in [-0.2, -0.15) is 14.5 Å². The van der Waals surface area contributed by atoms with Crippen LogP contribution in [0.1, 0.15) is 25.1 Å². The minimum Gasteiger partial charge on any atom is -0.472 e. The number of hydrogen-bond donors (Lipinski definition) is 1. The first-order valence-corrected chi connectivity index (χ1v) is 9.42. The summed E-state index contributed by atoms with van der Waals surface area (Å²) in [6.45, 7) is 4.54. The van der Waals surface area contributed by atoms with E-state index in [9.17, 15) is 9.18 Å². The molecular formula is C17H19FN6O2S. The number of thiazole rings is 1. The molecule has 142 valence electrons. The Morgan fingerprint density at radius 2 is 2.37 bits per heavy atom. The van der Waals surface area contributed by atoms with Gasteiger partial charge in [-0.25, -0.2) is 9.50 Å². The first-order chi connectivity index (χ1) is 13.0. The molecule has 1 amide bonds. The lowest BCUT2D eigenvalue weighted by Crippen LogP contribution is -2.28. The molecule has 0 spiro atoms. The average molecular weight is 390 g/mol. The summed E-state index contributed by atoms with van der Waals surface area (Å²) in [6, 6.07) is 2.10. The molecule has 1 aliphatic rings. The second-order valence-corrected chi connectivity index (χ2v) is 7.68. The van der Waals surface area contributed by atoms with Crippen LogP contribution in [0.25, 0.3) is 5.52 Å². The Morgan fingerprint density at radius 3 is 3.19 bits per heavy atom. The lowest BCUT2D eigenvalue weighted by atomic mass is 10.2. The third-order valence-electron chi connectivity index (χ3n) is 4.49. The van der Waals surface area contributed by atoms with Crippen LogP contribution >= 0.6 is 11.3 Å². The molecule has 0 aromatic carbocycles. The summed E-state index contributed by atoms with van der Waals surface area (Å²) in [7, 11) is 0. The average Bonchev–Trinajstić information content (AvgIpc) is 3.28. The summed E-state index contributed by atoms with van der Waals surface area (Å²) in [4.78, 5) is 21.8. The number of nitrogens with one attached hydrogen (secondary N) is 1. The van der Waals surface area contributed by atoms with Gasteiger partial charge in [-0.3, -0.25) is 9.69 Å². The number of nitrogens with zero attached hydrogens (tertiary/aromatic N) is 5. The Morgan fingerprint density at radius 1 is 1.52 bits per heavy atom. The summed E-state index contributed by atoms with van der Waals surface area (Å²) >= 11 is 1.16. The highest BCUT2D eigenvalue weighted by Crippen LogP contribution is 2.28. The fourth-order valence-electron chi connectivity index (χ4n) is 3.20. The molecule has 8 nitrogen and oxygen atoms in total. The molecule has 4 heterocycles. The second-order valence-electron chi connectivity index (χ2n) is 6.59. The van der Waals surface area contributed by atoms with E-state index in [4.69, 9.17) is 4.74 Å². The maximum absolute atomic E-state index is 14.1. The second kappa shape index (κ2) is 7.20. The fraction of sp³-hybridized carbons (Fsp3) is 0.412. The van der Waals surface area contributed by atoms with Crippen molar-refractivity contribution in [3.8, 4) is 5.88 Å². The lowest BCUT2D eigenvalue weighted by molar-refractivity contribution is -0.114. The Balaban J connectivity index is 1.40. The van der Waals surface area contributed by atoms with Crippen LogP contribution in [0.3, 0.4) is 0 Å². The van der Waals surface area contributed by atoms with Crippen LogP contribution in [0, 0.1) is 5.95 Å². The van der Waals surface area contributed by atoms with Crippen molar-refractivity contribution in [3.63, 3.8) is 0 Å². The molecule has 0 aliphatic carbocycles. The van der Waals surface area contributed by atoms with Gasteiger partial charge in [-0.15, -0.1) is 0 Å². The van der Waals surface area contributed by atoms with Gasteiger partial charge in [0.05, 0.1) is 29.0 Å². The molecule has 0 saturated carbocycles. The molecule has 10 heteroatoms. The predicted molar refractivity (Wildman–Crippen MR) is 98.3 cm³/mol. The van der Waals surface area contributed by atoms with Crippen molar-refractivity contribution in [1.29, 1.82) is 0 Å². The van der Waals surface area contributed by atoms with Crippen molar-refractivity contribution in [2.45, 2.75) is 39.0 Å². The lowest BCUT2D eigenvalue weighted by Gasteiger charge is -2.19. The molecule has 4 rings (SSSR count). The first-order valence-electron chi connectivity index (χ1n) is 8.61. The number of likely N-dealkylation sites (tertiary alicyclic amines) is 1. The van der Waals surface area contributed by atoms with Gasteiger partial charge in [0.2, 0.25) is 17.7 Å². The van der Waals surface area contributed by atoms with Gasteiger partial charge in [0.15, 0.2) is 5.13 Å². The van der Waals surface area contributed by atoms with E-state index < -0.39 is 5.95 Å². The van der Waals surface area contributed by atoms with Gasteiger partial charge in [-0.05, 0) is 13.0 Å². The van der Waals surface area contributed by atoms with Crippen LogP contribution in [-0.2, 0) is 11.3 Å². The summed E-state index contributed by atoms with van der Waals surface area (Å²) in [6.07, 6.45) is 5.96. The van der Waals surface area contributed by atoms with Crippen LogP contribution in [0.5, 0.6) is 5.88 Å². The van der Waals surface area contributed by atoms with E-state index in [2.05, 4.69) is 32.2 Å². The van der Waals surface area contributed by atoms with Crippen molar-refractivity contribution >= 4 is 27.9 Å². The topological polar surface area (TPSA) is 84.7 Å². The van der Waals surface area contributed by atoms with Crippen molar-refractivity contribution < 1.29 is 13.9 Å². The number of anilines is 1. The number of carbonyl (C=O) groups excluding carboxylic acids is 1. The number of fused-ring (bicyclic) bond motifs is 1. The van der Waals surface area contributed by atoms with E-state index in [1.165, 1.54) is 6.92 Å². The third kappa shape index (κ3) is 3.91. The highest BCUT2D eigenvalue weighted by molar-refractivity contribution is 7.15. The molecule has 3 aromatic heterocycles. The summed E-state index contributed by atoms with van der Waals surface area (Å²) in [5.74, 6) is -0.284. The largest absolute Gasteiger partial charge is 0.472 e. The fourth-order valence-corrected chi connectivity index (χ4v) is 4.12. The molecule has 3 aromatic rings. The first kappa shape index (κ1) is 17.8. The van der Waals surface area contributed by atoms with Gasteiger partial charge < -0.3 is 10.1 Å². The van der Waals surface area contributed by atoms with E-state index >= 15 is 0 Å². The molecular weight excluding hydrogens is 371 g/mol. The number of rotatable bonds is 5. The van der Waals surface area contributed by atoms with Gasteiger partial charge >= 0.3 is 0 Å². The van der Waals surface area contributed by atoms with Crippen molar-refractivity contribution in [3.05, 3.63) is 35.5 Å². The Labute approximate surface area is 159 Å². The summed E-state index contributed by atoms with van der Waals surface area (Å²) in [5, 5.41) is 6.99. The van der Waals surface area contributed by atoms with E-state index in [1.807, 2.05) is 6.07 Å². The Bertz CT molecular complexity index is 973. The molecule has 2 atom stereocenters. The number of halogens is 1. The summed E-state index contributed by atoms with van der Waals surface area (Å²) in [5.41, 5.74) is 0.902. The van der Waals surface area contributed by atoms with Gasteiger partial charge in [0, 0.05) is 32.5 Å². The Kier molecular flexibility index (Phi) is 4.75. The van der Waals surface area contributed by atoms with Crippen molar-refractivity contribution in [2.75, 3.05) is 11.9 Å². The number of aromatic nitrogens is 4. The molecule has 0 bridgehead atoms. The molecule has 0 radical (unpaired) electrons. The minimum atomic E-state index is -0.536. The van der Waals surface area contributed by atoms with E-state index in [-0.39, 0.29) is 23.2 Å². The maximum atomic E-state index is 14.1. The van der Waals surface area contributed by atoms with Crippen LogP contribution in [0.15, 0.2) is 24.7 Å². The molecule has 1 saturated heterocycles. The standard InChI is InChI=1S/C17H19FN6O2S/c1-10-5-13(26-15-9-24-12(6-19-15)3-4-20-24)7-23(10)8-14-16(18)22-17(27-14)21-11(2)25/h3-4,6,9-10,13H,5,7-8H2,1-2H3,(H,21,22,25)/t10-,13+/m0/s1. The Hall–Kier alpha value is -2.59. The summed E-state index contributed by atoms with van der Waals surface area (Å²) < 4.78 is 21.8.